The van der Waals surface area contributed by atoms with E-state index in [0.29, 0.717) is 11.3 Å². The molecule has 2 aliphatic rings. The summed E-state index contributed by atoms with van der Waals surface area (Å²) in [6, 6.07) is 3.03. The quantitative estimate of drug-likeness (QED) is 0.0955. The molecule has 3 rings (SSSR count). The van der Waals surface area contributed by atoms with Crippen molar-refractivity contribution in [2.75, 3.05) is 25.0 Å². The Hall–Kier alpha value is -1.99. The number of hydrogen-bond donors (Lipinski definition) is 2. The Kier molecular flexibility index (Phi) is 17.4. The second-order valence-electron chi connectivity index (χ2n) is 10.4. The first-order chi connectivity index (χ1) is 18.1. The van der Waals surface area contributed by atoms with Gasteiger partial charge in [-0.2, -0.15) is 5.26 Å². The molecule has 2 unspecified atom stereocenters. The average molecular weight is 549 g/mol. The van der Waals surface area contributed by atoms with Crippen molar-refractivity contribution in [1.29, 1.82) is 10.7 Å². The number of aldehydes is 1. The van der Waals surface area contributed by atoms with E-state index < -0.39 is 5.41 Å². The van der Waals surface area contributed by atoms with E-state index in [0.717, 1.165) is 80.3 Å². The van der Waals surface area contributed by atoms with Gasteiger partial charge >= 0.3 is 0 Å². The fraction of sp³-hybridized carbons (Fsp3) is 0.710. The maximum atomic E-state index is 13.9. The summed E-state index contributed by atoms with van der Waals surface area (Å²) in [7, 11) is 2.47. The van der Waals surface area contributed by atoms with Crippen molar-refractivity contribution in [3.63, 3.8) is 0 Å². The molecule has 1 saturated heterocycles. The number of nitrogens with one attached hydrogen (secondary N) is 2. The molecule has 0 amide bonds. The first kappa shape index (κ1) is 36.0. The summed E-state index contributed by atoms with van der Waals surface area (Å²) in [5, 5.41) is 19.1. The minimum absolute atomic E-state index is 0.282. The Morgan fingerprint density at radius 3 is 2.26 bits per heavy atom. The Balaban J connectivity index is 0.000000714. The highest BCUT2D eigenvalue weighted by atomic mass is 31.0. The third-order valence-electron chi connectivity index (χ3n) is 7.41. The smallest absolute Gasteiger partial charge is 0.179 e. The molecule has 1 aliphatic heterocycles. The minimum atomic E-state index is -0.609. The molecule has 1 heterocycles. The number of carbonyl (C=O) groups excluding carboxylic acids is 1. The second-order valence-corrected chi connectivity index (χ2v) is 11.0. The van der Waals surface area contributed by atoms with Crippen LogP contribution < -0.4 is 5.32 Å². The van der Waals surface area contributed by atoms with E-state index in [9.17, 15) is 9.18 Å². The molecule has 7 heteroatoms. The number of nitrogens with zero attached hydrogens (tertiary/aromatic N) is 2. The zero-order valence-corrected chi connectivity index (χ0v) is 26.5. The number of hydrogen-bond acceptors (Lipinski definition) is 5. The van der Waals surface area contributed by atoms with Crippen LogP contribution in [0, 0.1) is 40.9 Å². The van der Waals surface area contributed by atoms with Crippen molar-refractivity contribution in [3.05, 3.63) is 29.1 Å². The molecule has 1 aliphatic carbocycles. The Morgan fingerprint density at radius 1 is 1.21 bits per heavy atom. The molecule has 2 atom stereocenters. The summed E-state index contributed by atoms with van der Waals surface area (Å²) < 4.78 is 13.9. The fourth-order valence-corrected chi connectivity index (χ4v) is 5.53. The van der Waals surface area contributed by atoms with Gasteiger partial charge in [-0.05, 0) is 63.3 Å². The van der Waals surface area contributed by atoms with Crippen LogP contribution in [0.25, 0.3) is 0 Å². The number of anilines is 1. The molecule has 1 aromatic rings. The Bertz CT molecular complexity index is 887. The van der Waals surface area contributed by atoms with E-state index in [1.807, 2.05) is 48.5 Å². The molecule has 2 fully saturated rings. The van der Waals surface area contributed by atoms with Gasteiger partial charge in [0.05, 0.1) is 0 Å². The van der Waals surface area contributed by atoms with Gasteiger partial charge in [-0.1, -0.05) is 76.0 Å². The van der Waals surface area contributed by atoms with Crippen molar-refractivity contribution < 1.29 is 9.18 Å². The van der Waals surface area contributed by atoms with Gasteiger partial charge in [0.2, 0.25) is 0 Å². The predicted molar refractivity (Wildman–Crippen MR) is 165 cm³/mol. The molecule has 5 nitrogen and oxygen atoms in total. The summed E-state index contributed by atoms with van der Waals surface area (Å²) in [4.78, 5) is 13.5. The number of unbranched alkanes of at least 4 members (excludes halogenated alkanes) is 4. The van der Waals surface area contributed by atoms with Crippen LogP contribution in [0.3, 0.4) is 0 Å². The molecule has 0 bridgehead atoms. The Labute approximate surface area is 235 Å². The summed E-state index contributed by atoms with van der Waals surface area (Å²) in [6.07, 6.45) is 11.9. The van der Waals surface area contributed by atoms with Gasteiger partial charge in [0, 0.05) is 47.5 Å². The van der Waals surface area contributed by atoms with E-state index in [1.165, 1.54) is 31.4 Å². The van der Waals surface area contributed by atoms with E-state index >= 15 is 0 Å². The molecular weight excluding hydrogens is 494 g/mol. The van der Waals surface area contributed by atoms with Crippen LogP contribution in [-0.4, -0.2) is 36.3 Å². The number of carbonyl (C=O) groups is 1. The lowest BCUT2D eigenvalue weighted by Crippen LogP contribution is -2.61. The van der Waals surface area contributed by atoms with Crippen molar-refractivity contribution in [2.24, 2.45) is 11.3 Å². The highest BCUT2D eigenvalue weighted by Crippen LogP contribution is 2.52. The SMILES string of the molecule is CC.CC.CCCCCCCC(C)(C=O)c1cc(F)cc(NCC)c1C.N#CN1CC2(CC(C(=N)P)C2)C1. The highest BCUT2D eigenvalue weighted by molar-refractivity contribution is 7.40. The van der Waals surface area contributed by atoms with E-state index in [2.05, 4.69) is 27.7 Å². The highest BCUT2D eigenvalue weighted by Gasteiger charge is 2.52. The molecule has 1 spiro atoms. The van der Waals surface area contributed by atoms with Crippen molar-refractivity contribution in [1.82, 2.24) is 4.90 Å². The van der Waals surface area contributed by atoms with Gasteiger partial charge in [0.1, 0.15) is 12.1 Å². The first-order valence-corrected chi connectivity index (χ1v) is 15.2. The molecular formula is C31H54FN4OP. The molecule has 1 saturated carbocycles. The van der Waals surface area contributed by atoms with E-state index in [1.54, 1.807) is 4.90 Å². The van der Waals surface area contributed by atoms with Crippen molar-refractivity contribution in [2.45, 2.75) is 112 Å². The average Bonchev–Trinajstić information content (AvgIpc) is 2.87. The third kappa shape index (κ3) is 10.3. The normalized spacial score (nSPS) is 16.4. The summed E-state index contributed by atoms with van der Waals surface area (Å²) in [5.41, 5.74) is 3.12. The maximum Gasteiger partial charge on any atom is 0.179 e. The molecule has 38 heavy (non-hydrogen) atoms. The predicted octanol–water partition coefficient (Wildman–Crippen LogP) is 8.47. The standard InChI is InChI=1S/C19H30FNO.C8H12N3P.2C2H6/c1-5-7-8-9-10-11-19(4,14-22)17-12-16(20)13-18(15(17)3)21-6-2;9-5-11-3-8(4-11)1-6(2-8)7(10)12;2*1-2/h12-14,21H,5-11H2,1-4H3;6,10H,1-4,12H2;2*1-2H3. The zero-order valence-electron chi connectivity index (χ0n) is 25.3. The molecule has 2 N–H and O–H groups in total. The lowest BCUT2D eigenvalue weighted by Gasteiger charge is -2.57. The van der Waals surface area contributed by atoms with Gasteiger partial charge in [-0.3, -0.25) is 0 Å². The molecule has 0 aromatic heterocycles. The number of nitriles is 1. The van der Waals surface area contributed by atoms with E-state index in [4.69, 9.17) is 10.7 Å². The summed E-state index contributed by atoms with van der Waals surface area (Å²) in [5.74, 6) is 0.200. The molecule has 0 radical (unpaired) electrons. The van der Waals surface area contributed by atoms with Gasteiger partial charge < -0.3 is 20.4 Å². The number of likely N-dealkylation sites (tertiary alicyclic amines) is 1. The van der Waals surface area contributed by atoms with Gasteiger partial charge in [-0.25, -0.2) is 4.39 Å². The van der Waals surface area contributed by atoms with Crippen LogP contribution in [0.1, 0.15) is 111 Å². The summed E-state index contributed by atoms with van der Waals surface area (Å²) >= 11 is 0. The van der Waals surface area contributed by atoms with Gasteiger partial charge in [0.15, 0.2) is 6.19 Å². The van der Waals surface area contributed by atoms with Crippen molar-refractivity contribution >= 4 is 26.7 Å². The number of benzene rings is 1. The monoisotopic (exact) mass is 548 g/mol. The lowest BCUT2D eigenvalue weighted by molar-refractivity contribution is -0.112. The van der Waals surface area contributed by atoms with Crippen molar-refractivity contribution in [3.8, 4) is 6.19 Å². The van der Waals surface area contributed by atoms with Gasteiger partial charge in [-0.15, -0.1) is 0 Å². The zero-order chi connectivity index (χ0) is 29.4. The summed E-state index contributed by atoms with van der Waals surface area (Å²) in [6.45, 7) is 18.7. The fourth-order valence-electron chi connectivity index (χ4n) is 5.30. The first-order valence-electron chi connectivity index (χ1n) is 14.6. The van der Waals surface area contributed by atoms with E-state index in [-0.39, 0.29) is 5.82 Å². The van der Waals surface area contributed by atoms with Crippen LogP contribution in [0.15, 0.2) is 12.1 Å². The maximum absolute atomic E-state index is 13.9. The van der Waals surface area contributed by atoms with Crippen LogP contribution in [0.2, 0.25) is 0 Å². The largest absolute Gasteiger partial charge is 0.385 e. The van der Waals surface area contributed by atoms with Crippen LogP contribution in [0.4, 0.5) is 10.1 Å². The second kappa shape index (κ2) is 18.3. The molecule has 216 valence electrons. The minimum Gasteiger partial charge on any atom is -0.385 e. The van der Waals surface area contributed by atoms with Crippen LogP contribution in [0.5, 0.6) is 0 Å². The number of halogens is 1. The Morgan fingerprint density at radius 2 is 1.79 bits per heavy atom. The molecule has 1 aromatic carbocycles. The van der Waals surface area contributed by atoms with Crippen LogP contribution in [-0.2, 0) is 10.2 Å². The van der Waals surface area contributed by atoms with Crippen LogP contribution >= 0.6 is 9.24 Å². The number of rotatable bonds is 11. The lowest BCUT2D eigenvalue weighted by atomic mass is 9.58. The third-order valence-corrected chi connectivity index (χ3v) is 7.88. The van der Waals surface area contributed by atoms with Gasteiger partial charge in [0.25, 0.3) is 0 Å². The topological polar surface area (TPSA) is 80.0 Å².